The first kappa shape index (κ1) is 42.6. The minimum atomic E-state index is -0.250. The van der Waals surface area contributed by atoms with Crippen LogP contribution >= 0.6 is 0 Å². The lowest BCUT2D eigenvalue weighted by molar-refractivity contribution is -0.143. The van der Waals surface area contributed by atoms with Crippen LogP contribution in [0.5, 0.6) is 0 Å². The van der Waals surface area contributed by atoms with Gasteiger partial charge >= 0.3 is 11.9 Å². The molecule has 0 saturated heterocycles. The number of benzene rings is 3. The van der Waals surface area contributed by atoms with Crippen molar-refractivity contribution in [1.82, 2.24) is 0 Å². The molecule has 0 spiro atoms. The number of carbonyl (C=O) groups is 3. The summed E-state index contributed by atoms with van der Waals surface area (Å²) in [5.41, 5.74) is 35.1. The van der Waals surface area contributed by atoms with Crippen LogP contribution < -0.4 is 0 Å². The molecule has 0 N–H and O–H groups in total. The molecule has 3 aromatic carbocycles. The Morgan fingerprint density at radius 1 is 0.561 bits per heavy atom. The summed E-state index contributed by atoms with van der Waals surface area (Å²) in [5.74, 6) is 0.104. The number of hydrogen-bond donors (Lipinski definition) is 0. The second-order valence-electron chi connectivity index (χ2n) is 20.3. The maximum Gasteiger partial charge on any atom is 0.334 e. The Kier molecular flexibility index (Phi) is 10.6. The Morgan fingerprint density at radius 3 is 1.86 bits per heavy atom. The number of allylic oxidation sites excluding steroid dienone is 14. The summed E-state index contributed by atoms with van der Waals surface area (Å²) < 4.78 is 10.7. The van der Waals surface area contributed by atoms with Crippen LogP contribution in [0.1, 0.15) is 143 Å². The third kappa shape index (κ3) is 6.90. The highest BCUT2D eigenvalue weighted by atomic mass is 16.5. The Bertz CT molecular complexity index is 3070. The molecule has 3 aromatic rings. The maximum absolute atomic E-state index is 14.1. The molecule has 5 nitrogen and oxygen atoms in total. The number of esters is 2. The van der Waals surface area contributed by atoms with Crippen LogP contribution in [-0.4, -0.2) is 30.9 Å². The van der Waals surface area contributed by atoms with Gasteiger partial charge in [0.15, 0.2) is 5.78 Å². The fourth-order valence-corrected chi connectivity index (χ4v) is 13.0. The number of fused-ring (bicyclic) bond motifs is 6. The predicted molar refractivity (Wildman–Crippen MR) is 264 cm³/mol. The molecule has 0 fully saturated rings. The Balaban J connectivity index is 0.858. The summed E-state index contributed by atoms with van der Waals surface area (Å²) in [5, 5.41) is 0. The highest BCUT2D eigenvalue weighted by Crippen LogP contribution is 2.54. The number of hydrogen-bond acceptors (Lipinski definition) is 5. The summed E-state index contributed by atoms with van der Waals surface area (Å²) in [6, 6.07) is 9.83. The van der Waals surface area contributed by atoms with Crippen molar-refractivity contribution in [2.75, 3.05) is 13.2 Å². The molecule has 8 aliphatic rings. The van der Waals surface area contributed by atoms with E-state index < -0.39 is 0 Å². The molecule has 0 radical (unpaired) electrons. The van der Waals surface area contributed by atoms with Crippen molar-refractivity contribution in [2.24, 2.45) is 5.92 Å². The molecule has 0 bridgehead atoms. The topological polar surface area (TPSA) is 69.7 Å². The molecule has 0 heterocycles. The highest BCUT2D eigenvalue weighted by molar-refractivity contribution is 6.10. The number of ketones is 1. The fourth-order valence-electron chi connectivity index (χ4n) is 13.0. The molecule has 1 atom stereocenters. The lowest BCUT2D eigenvalue weighted by atomic mass is 9.88. The zero-order valence-corrected chi connectivity index (χ0v) is 39.8. The zero-order valence-electron chi connectivity index (χ0n) is 39.8. The first-order valence-electron chi connectivity index (χ1n) is 24.5. The average molecular weight is 873 g/mol. The van der Waals surface area contributed by atoms with E-state index in [0.29, 0.717) is 51.2 Å². The van der Waals surface area contributed by atoms with Gasteiger partial charge in [0.1, 0.15) is 0 Å². The predicted octanol–water partition coefficient (Wildman–Crippen LogP) is 13.0. The van der Waals surface area contributed by atoms with Crippen molar-refractivity contribution in [2.45, 2.75) is 126 Å². The van der Waals surface area contributed by atoms with Crippen molar-refractivity contribution < 1.29 is 23.9 Å². The normalized spacial score (nSPS) is 19.7. The first-order chi connectivity index (χ1) is 31.9. The van der Waals surface area contributed by atoms with Crippen molar-refractivity contribution in [3.63, 3.8) is 0 Å². The van der Waals surface area contributed by atoms with E-state index in [2.05, 4.69) is 71.9 Å². The molecule has 0 saturated carbocycles. The number of Topliss-reactive ketones (excluding diaryl/α,β-unsaturated/α-hetero) is 1. The number of unbranched alkanes of at least 4 members (excludes halogenated alkanes) is 1. The molecular formula is C61H60O5. The standard InChI is InChI=1S/C61H60O5/c1-8-65-59(62)16-12-13-17-66-61(64)43-29-44-33(3)20-53(56(44)30-43)39-21-49-36(6)51-25-41(26-52(51)37(7)50(49)22-39)55-31-54(57-27-42(28-58(55)57)60(63)38-14-10-9-11-15-38)40-23-47-34(4)45-18-32(2)19-46(45)35(5)48(47)24-40/h9-11,14-15,18,21,24,27,30,41H,8,12-13,16-17,19-20,22-23,25-26,28-29,31H2,1-7H3. The highest BCUT2D eigenvalue weighted by Gasteiger charge is 2.40. The second kappa shape index (κ2) is 16.4. The van der Waals surface area contributed by atoms with Crippen LogP contribution in [0.15, 0.2) is 115 Å². The molecule has 0 aliphatic heterocycles. The van der Waals surface area contributed by atoms with Crippen LogP contribution in [0.3, 0.4) is 0 Å². The quantitative estimate of drug-likeness (QED) is 0.103. The van der Waals surface area contributed by atoms with E-state index in [-0.39, 0.29) is 17.7 Å². The van der Waals surface area contributed by atoms with E-state index in [1.165, 1.54) is 122 Å². The smallest absolute Gasteiger partial charge is 0.334 e. The molecule has 334 valence electrons. The SMILES string of the molecule is CCOC(=O)CCCCOC(=O)C1=CC2=C(C3=Cc4c(C)c5c(c(C)c4C3)CC(C3=C4CC(C(=O)c6ccccc6)=CC4=C(C4=Cc6c(C)c7c(c(C)c6C4)C=C(C)C7)C3)C5)CC(C)=C2C1. The average Bonchev–Trinajstić information content (AvgIpc) is 4.17. The Morgan fingerprint density at radius 2 is 1.15 bits per heavy atom. The molecule has 1 unspecified atom stereocenters. The third-order valence-electron chi connectivity index (χ3n) is 16.5. The second-order valence-corrected chi connectivity index (χ2v) is 20.3. The van der Waals surface area contributed by atoms with Gasteiger partial charge in [0.25, 0.3) is 0 Å². The monoisotopic (exact) mass is 872 g/mol. The van der Waals surface area contributed by atoms with Crippen LogP contribution in [0, 0.1) is 33.6 Å². The molecule has 5 heteroatoms. The van der Waals surface area contributed by atoms with Crippen molar-refractivity contribution in [3.8, 4) is 0 Å². The van der Waals surface area contributed by atoms with E-state index in [1.54, 1.807) is 5.57 Å². The summed E-state index contributed by atoms with van der Waals surface area (Å²) in [7, 11) is 0. The number of carbonyl (C=O) groups excluding carboxylic acids is 3. The van der Waals surface area contributed by atoms with Gasteiger partial charge in [0.2, 0.25) is 0 Å². The number of rotatable bonds is 12. The van der Waals surface area contributed by atoms with Gasteiger partial charge in [0, 0.05) is 36.0 Å². The third-order valence-corrected chi connectivity index (χ3v) is 16.5. The van der Waals surface area contributed by atoms with E-state index in [9.17, 15) is 14.4 Å². The zero-order chi connectivity index (χ0) is 45.7. The van der Waals surface area contributed by atoms with Gasteiger partial charge in [-0.3, -0.25) is 9.59 Å². The number of ether oxygens (including phenoxy) is 2. The Hall–Kier alpha value is -6.07. The van der Waals surface area contributed by atoms with E-state index in [1.807, 2.05) is 37.3 Å². The van der Waals surface area contributed by atoms with E-state index >= 15 is 0 Å². The van der Waals surface area contributed by atoms with Crippen molar-refractivity contribution in [3.05, 3.63) is 187 Å². The van der Waals surface area contributed by atoms with Gasteiger partial charge in [-0.05, 0) is 236 Å². The molecule has 66 heavy (non-hydrogen) atoms. The largest absolute Gasteiger partial charge is 0.466 e. The lowest BCUT2D eigenvalue weighted by Gasteiger charge is -2.16. The molecular weight excluding hydrogens is 813 g/mol. The van der Waals surface area contributed by atoms with E-state index in [4.69, 9.17) is 9.47 Å². The maximum atomic E-state index is 14.1. The van der Waals surface area contributed by atoms with Crippen molar-refractivity contribution in [1.29, 1.82) is 0 Å². The molecule has 8 aliphatic carbocycles. The van der Waals surface area contributed by atoms with Gasteiger partial charge in [-0.2, -0.15) is 0 Å². The van der Waals surface area contributed by atoms with Crippen LogP contribution in [0.2, 0.25) is 0 Å². The minimum Gasteiger partial charge on any atom is -0.466 e. The van der Waals surface area contributed by atoms with E-state index in [0.717, 1.165) is 61.7 Å². The lowest BCUT2D eigenvalue weighted by Crippen LogP contribution is -2.09. The molecule has 11 rings (SSSR count). The fraction of sp³-hybridized carbons (Fsp3) is 0.361. The Labute approximate surface area is 390 Å². The summed E-state index contributed by atoms with van der Waals surface area (Å²) >= 11 is 0. The van der Waals surface area contributed by atoms with Crippen molar-refractivity contribution >= 4 is 35.9 Å². The molecule has 0 amide bonds. The van der Waals surface area contributed by atoms with Crippen LogP contribution in [0.4, 0.5) is 0 Å². The van der Waals surface area contributed by atoms with Gasteiger partial charge in [-0.15, -0.1) is 0 Å². The summed E-state index contributed by atoms with van der Waals surface area (Å²) in [6.07, 6.45) is 21.6. The summed E-state index contributed by atoms with van der Waals surface area (Å²) in [6.45, 7) is 16.3. The van der Waals surface area contributed by atoms with Gasteiger partial charge < -0.3 is 9.47 Å². The van der Waals surface area contributed by atoms with Gasteiger partial charge in [-0.25, -0.2) is 4.79 Å². The van der Waals surface area contributed by atoms with Crippen LogP contribution in [0.25, 0.3) is 18.2 Å². The summed E-state index contributed by atoms with van der Waals surface area (Å²) in [4.78, 5) is 39.0. The van der Waals surface area contributed by atoms with Crippen LogP contribution in [-0.2, 0) is 51.2 Å². The van der Waals surface area contributed by atoms with Gasteiger partial charge in [-0.1, -0.05) is 65.3 Å². The molecule has 0 aromatic heterocycles. The first-order valence-corrected chi connectivity index (χ1v) is 24.5. The minimum absolute atomic E-state index is 0.151. The van der Waals surface area contributed by atoms with Gasteiger partial charge in [0.05, 0.1) is 13.2 Å².